The quantitative estimate of drug-likeness (QED) is 0.643. The third-order valence-corrected chi connectivity index (χ3v) is 4.06. The van der Waals surface area contributed by atoms with Crippen molar-refractivity contribution in [1.82, 2.24) is 5.32 Å². The van der Waals surface area contributed by atoms with E-state index in [4.69, 9.17) is 0 Å². The summed E-state index contributed by atoms with van der Waals surface area (Å²) in [7, 11) is 0. The first kappa shape index (κ1) is 18.5. The third kappa shape index (κ3) is 3.83. The van der Waals surface area contributed by atoms with Crippen molar-refractivity contribution in [2.24, 2.45) is 0 Å². The van der Waals surface area contributed by atoms with Gasteiger partial charge >= 0.3 is 0 Å². The van der Waals surface area contributed by atoms with Gasteiger partial charge in [-0.15, -0.1) is 0 Å². The number of aryl methyl sites for hydroxylation is 2. The van der Waals surface area contributed by atoms with Crippen LogP contribution in [0, 0.1) is 36.7 Å². The molecule has 0 spiro atoms. The SMILES string of the molecule is Cc1cc(C)c([N+](=O)[O-])c(C)c1C(=O)NCC(O)c1ccccc1F. The van der Waals surface area contributed by atoms with Crippen molar-refractivity contribution >= 4 is 11.6 Å². The number of nitro groups is 1. The molecule has 2 rings (SSSR count). The Bertz CT molecular complexity index is 836. The van der Waals surface area contributed by atoms with Gasteiger partial charge < -0.3 is 10.4 Å². The summed E-state index contributed by atoms with van der Waals surface area (Å²) in [5.41, 5.74) is 1.50. The van der Waals surface area contributed by atoms with E-state index in [0.29, 0.717) is 11.1 Å². The Morgan fingerprint density at radius 2 is 1.92 bits per heavy atom. The maximum Gasteiger partial charge on any atom is 0.275 e. The summed E-state index contributed by atoms with van der Waals surface area (Å²) in [6, 6.07) is 7.31. The largest absolute Gasteiger partial charge is 0.386 e. The van der Waals surface area contributed by atoms with E-state index in [1.54, 1.807) is 26.0 Å². The molecule has 1 unspecified atom stereocenters. The average Bonchev–Trinajstić information content (AvgIpc) is 2.52. The number of benzene rings is 2. The van der Waals surface area contributed by atoms with Gasteiger partial charge in [0, 0.05) is 23.2 Å². The zero-order valence-electron chi connectivity index (χ0n) is 14.2. The summed E-state index contributed by atoms with van der Waals surface area (Å²) in [5.74, 6) is -1.11. The minimum absolute atomic E-state index is 0.0751. The third-order valence-electron chi connectivity index (χ3n) is 4.06. The normalized spacial score (nSPS) is 11.9. The maximum absolute atomic E-state index is 13.7. The van der Waals surface area contributed by atoms with Gasteiger partial charge in [0.1, 0.15) is 5.82 Å². The number of rotatable bonds is 5. The van der Waals surface area contributed by atoms with Crippen molar-refractivity contribution in [2.75, 3.05) is 6.54 Å². The Kier molecular flexibility index (Phi) is 5.48. The molecular weight excluding hydrogens is 327 g/mol. The molecule has 0 aromatic heterocycles. The van der Waals surface area contributed by atoms with Gasteiger partial charge in [-0.25, -0.2) is 4.39 Å². The second kappa shape index (κ2) is 7.40. The van der Waals surface area contributed by atoms with Crippen LogP contribution in [-0.4, -0.2) is 22.5 Å². The van der Waals surface area contributed by atoms with E-state index < -0.39 is 22.8 Å². The average molecular weight is 346 g/mol. The molecule has 0 aliphatic rings. The first-order chi connectivity index (χ1) is 11.7. The van der Waals surface area contributed by atoms with Crippen LogP contribution in [0.3, 0.4) is 0 Å². The van der Waals surface area contributed by atoms with E-state index in [1.165, 1.54) is 25.1 Å². The van der Waals surface area contributed by atoms with Crippen LogP contribution in [-0.2, 0) is 0 Å². The van der Waals surface area contributed by atoms with Crippen LogP contribution in [0.2, 0.25) is 0 Å². The van der Waals surface area contributed by atoms with E-state index in [0.717, 1.165) is 0 Å². The molecule has 0 aliphatic heterocycles. The molecule has 25 heavy (non-hydrogen) atoms. The molecule has 0 heterocycles. The number of nitrogens with zero attached hydrogens (tertiary/aromatic N) is 1. The first-order valence-corrected chi connectivity index (χ1v) is 7.70. The van der Waals surface area contributed by atoms with Crippen LogP contribution in [0.15, 0.2) is 30.3 Å². The fourth-order valence-corrected chi connectivity index (χ4v) is 2.94. The monoisotopic (exact) mass is 346 g/mol. The molecule has 1 atom stereocenters. The highest BCUT2D eigenvalue weighted by Crippen LogP contribution is 2.28. The van der Waals surface area contributed by atoms with Gasteiger partial charge in [0.25, 0.3) is 11.6 Å². The van der Waals surface area contributed by atoms with Crippen molar-refractivity contribution in [3.05, 3.63) is 74.1 Å². The number of amides is 1. The Morgan fingerprint density at radius 1 is 1.28 bits per heavy atom. The molecule has 2 aromatic carbocycles. The van der Waals surface area contributed by atoms with Crippen LogP contribution >= 0.6 is 0 Å². The predicted molar refractivity (Wildman–Crippen MR) is 91.0 cm³/mol. The van der Waals surface area contributed by atoms with Crippen LogP contribution < -0.4 is 5.32 Å². The summed E-state index contributed by atoms with van der Waals surface area (Å²) in [4.78, 5) is 23.1. The Labute approximate surface area is 144 Å². The maximum atomic E-state index is 13.7. The van der Waals surface area contributed by atoms with Gasteiger partial charge in [-0.3, -0.25) is 14.9 Å². The van der Waals surface area contributed by atoms with E-state index in [9.17, 15) is 24.4 Å². The molecule has 0 radical (unpaired) electrons. The highest BCUT2D eigenvalue weighted by Gasteiger charge is 2.24. The molecule has 2 aromatic rings. The van der Waals surface area contributed by atoms with Crippen LogP contribution in [0.4, 0.5) is 10.1 Å². The molecule has 0 saturated carbocycles. The van der Waals surface area contributed by atoms with Gasteiger partial charge in [0.05, 0.1) is 16.6 Å². The minimum atomic E-state index is -1.22. The van der Waals surface area contributed by atoms with Crippen molar-refractivity contribution in [3.8, 4) is 0 Å². The van der Waals surface area contributed by atoms with E-state index in [2.05, 4.69) is 5.32 Å². The van der Waals surface area contributed by atoms with Crippen molar-refractivity contribution in [2.45, 2.75) is 26.9 Å². The second-order valence-electron chi connectivity index (χ2n) is 5.86. The van der Waals surface area contributed by atoms with Crippen LogP contribution in [0.25, 0.3) is 0 Å². The molecule has 7 heteroatoms. The Hall–Kier alpha value is -2.80. The van der Waals surface area contributed by atoms with Crippen molar-refractivity contribution < 1.29 is 19.2 Å². The lowest BCUT2D eigenvalue weighted by molar-refractivity contribution is -0.386. The van der Waals surface area contributed by atoms with Gasteiger partial charge in [-0.05, 0) is 38.5 Å². The van der Waals surface area contributed by atoms with Crippen molar-refractivity contribution in [1.29, 1.82) is 0 Å². The van der Waals surface area contributed by atoms with E-state index >= 15 is 0 Å². The zero-order valence-corrected chi connectivity index (χ0v) is 14.2. The molecule has 2 N–H and O–H groups in total. The van der Waals surface area contributed by atoms with Gasteiger partial charge in [0.15, 0.2) is 0 Å². The summed E-state index contributed by atoms with van der Waals surface area (Å²) < 4.78 is 13.7. The van der Waals surface area contributed by atoms with Gasteiger partial charge in [0.2, 0.25) is 0 Å². The van der Waals surface area contributed by atoms with Crippen molar-refractivity contribution in [3.63, 3.8) is 0 Å². The standard InChI is InChI=1S/C18H19FN2O4/c1-10-8-11(2)17(21(24)25)12(3)16(10)18(23)20-9-15(22)13-6-4-5-7-14(13)19/h4-8,15,22H,9H2,1-3H3,(H,20,23). The van der Waals surface area contributed by atoms with E-state index in [1.807, 2.05) is 0 Å². The highest BCUT2D eigenvalue weighted by molar-refractivity contribution is 5.98. The Balaban J connectivity index is 2.23. The fourth-order valence-electron chi connectivity index (χ4n) is 2.94. The molecule has 0 aliphatic carbocycles. The number of hydrogen-bond acceptors (Lipinski definition) is 4. The Morgan fingerprint density at radius 3 is 2.52 bits per heavy atom. The lowest BCUT2D eigenvalue weighted by atomic mass is 9.96. The number of halogens is 1. The second-order valence-corrected chi connectivity index (χ2v) is 5.86. The number of nitrogens with one attached hydrogen (secondary N) is 1. The van der Waals surface area contributed by atoms with Gasteiger partial charge in [-0.2, -0.15) is 0 Å². The molecule has 0 fully saturated rings. The number of hydrogen-bond donors (Lipinski definition) is 2. The number of carbonyl (C=O) groups excluding carboxylic acids is 1. The van der Waals surface area contributed by atoms with Crippen LogP contribution in [0.5, 0.6) is 0 Å². The van der Waals surface area contributed by atoms with E-state index in [-0.39, 0.29) is 28.9 Å². The lowest BCUT2D eigenvalue weighted by Gasteiger charge is -2.15. The number of carbonyl (C=O) groups is 1. The minimum Gasteiger partial charge on any atom is -0.386 e. The smallest absolute Gasteiger partial charge is 0.275 e. The predicted octanol–water partition coefficient (Wildman–Crippen LogP) is 3.12. The summed E-state index contributed by atoms with van der Waals surface area (Å²) >= 11 is 0. The van der Waals surface area contributed by atoms with Gasteiger partial charge in [-0.1, -0.05) is 18.2 Å². The molecule has 0 saturated heterocycles. The summed E-state index contributed by atoms with van der Waals surface area (Å²) in [6.45, 7) is 4.61. The lowest BCUT2D eigenvalue weighted by Crippen LogP contribution is -2.30. The topological polar surface area (TPSA) is 92.5 Å². The summed E-state index contributed by atoms with van der Waals surface area (Å²) in [5, 5.41) is 23.8. The fraction of sp³-hybridized carbons (Fsp3) is 0.278. The number of aliphatic hydroxyl groups excluding tert-OH is 1. The summed E-state index contributed by atoms with van der Waals surface area (Å²) in [6.07, 6.45) is -1.22. The molecular formula is C18H19FN2O4. The zero-order chi connectivity index (χ0) is 18.7. The number of nitro benzene ring substituents is 1. The molecule has 0 bridgehead atoms. The number of aliphatic hydroxyl groups is 1. The molecule has 1 amide bonds. The first-order valence-electron chi connectivity index (χ1n) is 7.70. The highest BCUT2D eigenvalue weighted by atomic mass is 19.1. The molecule has 132 valence electrons. The molecule has 6 nitrogen and oxygen atoms in total. The van der Waals surface area contributed by atoms with Crippen LogP contribution in [0.1, 0.15) is 38.7 Å².